The predicted molar refractivity (Wildman–Crippen MR) is 72.8 cm³/mol. The Kier molecular flexibility index (Phi) is 3.16. The van der Waals surface area contributed by atoms with Crippen LogP contribution in [0, 0.1) is 0 Å². The van der Waals surface area contributed by atoms with E-state index in [9.17, 15) is 0 Å². The van der Waals surface area contributed by atoms with Crippen LogP contribution in [0.25, 0.3) is 10.8 Å². The first-order valence-corrected chi connectivity index (χ1v) is 6.54. The number of rotatable bonds is 4. The number of nitrogens with two attached hydrogens (primary N) is 1. The van der Waals surface area contributed by atoms with Crippen LogP contribution in [0.2, 0.25) is 0 Å². The van der Waals surface area contributed by atoms with Gasteiger partial charge in [0.25, 0.3) is 5.89 Å². The minimum Gasteiger partial charge on any atom is -0.485 e. The van der Waals surface area contributed by atoms with Crippen LogP contribution in [-0.4, -0.2) is 10.1 Å². The number of hydrogen-bond acceptors (Lipinski definition) is 6. The van der Waals surface area contributed by atoms with Gasteiger partial charge in [0.05, 0.1) is 4.88 Å². The summed E-state index contributed by atoms with van der Waals surface area (Å²) in [6.45, 7) is 0.248. The van der Waals surface area contributed by atoms with Gasteiger partial charge in [-0.1, -0.05) is 17.3 Å². The SMILES string of the molecule is Nc1cccc(OCc2noc(-c3cccs3)n2)c1. The summed E-state index contributed by atoms with van der Waals surface area (Å²) < 4.78 is 10.7. The van der Waals surface area contributed by atoms with Crippen LogP contribution < -0.4 is 10.5 Å². The van der Waals surface area contributed by atoms with Gasteiger partial charge in [-0.25, -0.2) is 0 Å². The molecular weight excluding hydrogens is 262 g/mol. The monoisotopic (exact) mass is 273 g/mol. The summed E-state index contributed by atoms with van der Waals surface area (Å²) in [7, 11) is 0. The molecule has 2 N–H and O–H groups in total. The Hall–Kier alpha value is -2.34. The van der Waals surface area contributed by atoms with Gasteiger partial charge in [0, 0.05) is 11.8 Å². The van der Waals surface area contributed by atoms with Crippen LogP contribution in [0.5, 0.6) is 5.75 Å². The molecular formula is C13H11N3O2S. The molecule has 0 atom stereocenters. The number of thiophene rings is 1. The lowest BCUT2D eigenvalue weighted by molar-refractivity contribution is 0.287. The summed E-state index contributed by atoms with van der Waals surface area (Å²) in [5.41, 5.74) is 6.32. The minimum absolute atomic E-state index is 0.248. The number of nitrogen functional groups attached to an aromatic ring is 1. The van der Waals surface area contributed by atoms with Crippen molar-refractivity contribution in [3.05, 3.63) is 47.6 Å². The van der Waals surface area contributed by atoms with Gasteiger partial charge >= 0.3 is 0 Å². The van der Waals surface area contributed by atoms with E-state index < -0.39 is 0 Å². The van der Waals surface area contributed by atoms with Crippen molar-refractivity contribution in [2.75, 3.05) is 5.73 Å². The van der Waals surface area contributed by atoms with Crippen LogP contribution >= 0.6 is 11.3 Å². The number of ether oxygens (including phenoxy) is 1. The molecule has 0 aliphatic rings. The van der Waals surface area contributed by atoms with Gasteiger partial charge in [-0.2, -0.15) is 4.98 Å². The van der Waals surface area contributed by atoms with Crippen LogP contribution in [0.1, 0.15) is 5.82 Å². The van der Waals surface area contributed by atoms with E-state index in [1.165, 1.54) is 0 Å². The Balaban J connectivity index is 1.68. The highest BCUT2D eigenvalue weighted by molar-refractivity contribution is 7.13. The highest BCUT2D eigenvalue weighted by Crippen LogP contribution is 2.23. The molecule has 1 aromatic carbocycles. The summed E-state index contributed by atoms with van der Waals surface area (Å²) in [4.78, 5) is 5.21. The molecule has 19 heavy (non-hydrogen) atoms. The number of benzene rings is 1. The first kappa shape index (κ1) is 11.7. The third kappa shape index (κ3) is 2.74. The Labute approximate surface area is 113 Å². The maximum absolute atomic E-state index is 5.67. The Bertz CT molecular complexity index is 664. The molecule has 2 aromatic heterocycles. The molecule has 0 amide bonds. The maximum Gasteiger partial charge on any atom is 0.268 e. The molecule has 3 aromatic rings. The van der Waals surface area contributed by atoms with Gasteiger partial charge in [0.15, 0.2) is 6.61 Å². The highest BCUT2D eigenvalue weighted by Gasteiger charge is 2.09. The molecule has 0 unspecified atom stereocenters. The van der Waals surface area contributed by atoms with E-state index >= 15 is 0 Å². The van der Waals surface area contributed by atoms with Gasteiger partial charge in [0.1, 0.15) is 5.75 Å². The second kappa shape index (κ2) is 5.11. The molecule has 0 saturated carbocycles. The van der Waals surface area contributed by atoms with Crippen molar-refractivity contribution in [3.8, 4) is 16.5 Å². The van der Waals surface area contributed by atoms with E-state index in [4.69, 9.17) is 15.0 Å². The molecule has 0 aliphatic carbocycles. The van der Waals surface area contributed by atoms with Crippen molar-refractivity contribution in [1.29, 1.82) is 0 Å². The fourth-order valence-electron chi connectivity index (χ4n) is 1.57. The average molecular weight is 273 g/mol. The highest BCUT2D eigenvalue weighted by atomic mass is 32.1. The van der Waals surface area contributed by atoms with Crippen molar-refractivity contribution < 1.29 is 9.26 Å². The molecule has 0 bridgehead atoms. The van der Waals surface area contributed by atoms with Crippen LogP contribution in [-0.2, 0) is 6.61 Å². The number of anilines is 1. The van der Waals surface area contributed by atoms with E-state index in [0.29, 0.717) is 23.2 Å². The molecule has 0 saturated heterocycles. The zero-order valence-electron chi connectivity index (χ0n) is 9.95. The average Bonchev–Trinajstić information content (AvgIpc) is 3.07. The number of aromatic nitrogens is 2. The molecule has 0 aliphatic heterocycles. The smallest absolute Gasteiger partial charge is 0.268 e. The fourth-order valence-corrected chi connectivity index (χ4v) is 2.21. The quantitative estimate of drug-likeness (QED) is 0.740. The summed E-state index contributed by atoms with van der Waals surface area (Å²) in [5.74, 6) is 1.70. The van der Waals surface area contributed by atoms with Crippen molar-refractivity contribution in [2.24, 2.45) is 0 Å². The van der Waals surface area contributed by atoms with Crippen molar-refractivity contribution >= 4 is 17.0 Å². The molecule has 6 heteroatoms. The predicted octanol–water partition coefficient (Wildman–Crippen LogP) is 2.96. The van der Waals surface area contributed by atoms with E-state index in [0.717, 1.165) is 4.88 Å². The zero-order chi connectivity index (χ0) is 13.1. The second-order valence-corrected chi connectivity index (χ2v) is 4.80. The van der Waals surface area contributed by atoms with Gasteiger partial charge < -0.3 is 15.0 Å². The van der Waals surface area contributed by atoms with Gasteiger partial charge in [-0.15, -0.1) is 11.3 Å². The summed E-state index contributed by atoms with van der Waals surface area (Å²) in [6.07, 6.45) is 0. The van der Waals surface area contributed by atoms with Gasteiger partial charge in [-0.05, 0) is 23.6 Å². The first-order chi connectivity index (χ1) is 9.31. The Morgan fingerprint density at radius 3 is 3.00 bits per heavy atom. The lowest BCUT2D eigenvalue weighted by Crippen LogP contribution is -1.98. The van der Waals surface area contributed by atoms with Crippen molar-refractivity contribution in [2.45, 2.75) is 6.61 Å². The fraction of sp³-hybridized carbons (Fsp3) is 0.0769. The summed E-state index contributed by atoms with van der Waals surface area (Å²) in [6, 6.07) is 11.1. The van der Waals surface area contributed by atoms with E-state index in [-0.39, 0.29) is 6.61 Å². The van der Waals surface area contributed by atoms with E-state index in [1.54, 1.807) is 23.5 Å². The molecule has 0 spiro atoms. The second-order valence-electron chi connectivity index (χ2n) is 3.85. The van der Waals surface area contributed by atoms with Gasteiger partial charge in [0.2, 0.25) is 5.82 Å². The van der Waals surface area contributed by atoms with Gasteiger partial charge in [-0.3, -0.25) is 0 Å². The molecule has 0 radical (unpaired) electrons. The standard InChI is InChI=1S/C13H11N3O2S/c14-9-3-1-4-10(7-9)17-8-12-15-13(18-16-12)11-5-2-6-19-11/h1-7H,8,14H2. The number of nitrogens with zero attached hydrogens (tertiary/aromatic N) is 2. The molecule has 0 fully saturated rings. The van der Waals surface area contributed by atoms with Crippen LogP contribution in [0.3, 0.4) is 0 Å². The summed E-state index contributed by atoms with van der Waals surface area (Å²) in [5, 5.41) is 5.83. The van der Waals surface area contributed by atoms with E-state index in [1.807, 2.05) is 29.6 Å². The Morgan fingerprint density at radius 2 is 2.21 bits per heavy atom. The lowest BCUT2D eigenvalue weighted by atomic mass is 10.3. The third-order valence-electron chi connectivity index (χ3n) is 2.43. The maximum atomic E-state index is 5.67. The summed E-state index contributed by atoms with van der Waals surface area (Å²) >= 11 is 1.55. The van der Waals surface area contributed by atoms with Crippen molar-refractivity contribution in [3.63, 3.8) is 0 Å². The normalized spacial score (nSPS) is 10.5. The first-order valence-electron chi connectivity index (χ1n) is 5.66. The Morgan fingerprint density at radius 1 is 1.26 bits per heavy atom. The zero-order valence-corrected chi connectivity index (χ0v) is 10.8. The van der Waals surface area contributed by atoms with Crippen LogP contribution in [0.4, 0.5) is 5.69 Å². The topological polar surface area (TPSA) is 74.2 Å². The molecule has 2 heterocycles. The lowest BCUT2D eigenvalue weighted by Gasteiger charge is -2.03. The van der Waals surface area contributed by atoms with Crippen LogP contribution in [0.15, 0.2) is 46.3 Å². The largest absolute Gasteiger partial charge is 0.485 e. The van der Waals surface area contributed by atoms with Crippen molar-refractivity contribution in [1.82, 2.24) is 10.1 Å². The third-order valence-corrected chi connectivity index (χ3v) is 3.28. The van der Waals surface area contributed by atoms with E-state index in [2.05, 4.69) is 10.1 Å². The minimum atomic E-state index is 0.248. The molecule has 96 valence electrons. The number of hydrogen-bond donors (Lipinski definition) is 1. The molecule has 5 nitrogen and oxygen atoms in total. The molecule has 3 rings (SSSR count).